The zero-order valence-corrected chi connectivity index (χ0v) is 7.27. The molecule has 0 heterocycles. The van der Waals surface area contributed by atoms with Crippen molar-refractivity contribution in [1.29, 1.82) is 5.26 Å². The molecule has 0 aromatic rings. The largest absolute Gasteiger partial charge is 0.313 e. The number of nitrogens with two attached hydrogens (primary N) is 1. The van der Waals surface area contributed by atoms with Gasteiger partial charge < -0.3 is 5.73 Å². The molecular weight excluding hydrogens is 160 g/mol. The molecule has 3 heteroatoms. The Morgan fingerprint density at radius 1 is 1.55 bits per heavy atom. The highest BCUT2D eigenvalue weighted by atomic mass is 35.5. The predicted molar refractivity (Wildman–Crippen MR) is 45.2 cm³/mol. The maximum absolute atomic E-state index is 8.70. The number of nitrogens with zero attached hydrogens (tertiary/aromatic N) is 1. The third kappa shape index (κ3) is 2.08. The van der Waals surface area contributed by atoms with Crippen molar-refractivity contribution < 1.29 is 0 Å². The van der Waals surface area contributed by atoms with Crippen LogP contribution in [0.2, 0.25) is 0 Å². The molecule has 0 spiro atoms. The monoisotopic (exact) mass is 172 g/mol. The van der Waals surface area contributed by atoms with Gasteiger partial charge in [-0.2, -0.15) is 5.26 Å². The number of alkyl halides is 1. The van der Waals surface area contributed by atoms with Crippen LogP contribution >= 0.6 is 11.6 Å². The molecule has 0 aromatic heterocycles. The van der Waals surface area contributed by atoms with Crippen molar-refractivity contribution in [2.45, 2.75) is 31.2 Å². The van der Waals surface area contributed by atoms with E-state index < -0.39 is 5.54 Å². The Kier molecular flexibility index (Phi) is 2.75. The molecule has 62 valence electrons. The normalized spacial score (nSPS) is 38.1. The van der Waals surface area contributed by atoms with E-state index in [0.717, 1.165) is 25.7 Å². The summed E-state index contributed by atoms with van der Waals surface area (Å²) in [7, 11) is 0. The molecular formula is C8H13ClN2. The van der Waals surface area contributed by atoms with Crippen molar-refractivity contribution in [2.75, 3.05) is 5.88 Å². The molecule has 1 rings (SSSR count). The highest BCUT2D eigenvalue weighted by Crippen LogP contribution is 2.30. The lowest BCUT2D eigenvalue weighted by atomic mass is 9.79. The fourth-order valence-electron chi connectivity index (χ4n) is 1.46. The number of hydrogen-bond donors (Lipinski definition) is 1. The van der Waals surface area contributed by atoms with Crippen LogP contribution in [0.5, 0.6) is 0 Å². The van der Waals surface area contributed by atoms with Crippen LogP contribution in [0.1, 0.15) is 25.7 Å². The average molecular weight is 173 g/mol. The summed E-state index contributed by atoms with van der Waals surface area (Å²) < 4.78 is 0. The predicted octanol–water partition coefficient (Wildman–Crippen LogP) is 1.64. The van der Waals surface area contributed by atoms with Gasteiger partial charge in [0.2, 0.25) is 0 Å². The molecule has 0 amide bonds. The van der Waals surface area contributed by atoms with E-state index in [0.29, 0.717) is 11.8 Å². The minimum absolute atomic E-state index is 0.553. The first kappa shape index (κ1) is 8.83. The van der Waals surface area contributed by atoms with Gasteiger partial charge in [0.25, 0.3) is 0 Å². The van der Waals surface area contributed by atoms with Crippen LogP contribution in [0.25, 0.3) is 0 Å². The minimum Gasteiger partial charge on any atom is -0.313 e. The lowest BCUT2D eigenvalue weighted by Crippen LogP contribution is -2.41. The molecule has 0 aromatic carbocycles. The maximum Gasteiger partial charge on any atom is 0.104 e. The summed E-state index contributed by atoms with van der Waals surface area (Å²) in [5.74, 6) is 1.29. The Hall–Kier alpha value is -0.260. The van der Waals surface area contributed by atoms with Crippen molar-refractivity contribution in [2.24, 2.45) is 11.7 Å². The summed E-state index contributed by atoms with van der Waals surface area (Å²) in [6.07, 6.45) is 3.63. The molecule has 0 radical (unpaired) electrons. The summed E-state index contributed by atoms with van der Waals surface area (Å²) in [5.41, 5.74) is 5.22. The summed E-state index contributed by atoms with van der Waals surface area (Å²) in [6, 6.07) is 2.16. The first-order valence-corrected chi connectivity index (χ1v) is 4.50. The first-order valence-electron chi connectivity index (χ1n) is 3.96. The Labute approximate surface area is 72.3 Å². The van der Waals surface area contributed by atoms with E-state index in [1.54, 1.807) is 0 Å². The standard InChI is InChI=1S/C8H13ClN2/c9-5-7-1-3-8(11,6-10)4-2-7/h7H,1-5,11H2. The van der Waals surface area contributed by atoms with Crippen molar-refractivity contribution in [3.05, 3.63) is 0 Å². The lowest BCUT2D eigenvalue weighted by Gasteiger charge is -2.30. The van der Waals surface area contributed by atoms with Crippen molar-refractivity contribution >= 4 is 11.6 Å². The quantitative estimate of drug-likeness (QED) is 0.612. The topological polar surface area (TPSA) is 49.8 Å². The van der Waals surface area contributed by atoms with Crippen LogP contribution in [0.4, 0.5) is 0 Å². The van der Waals surface area contributed by atoms with E-state index in [2.05, 4.69) is 6.07 Å². The van der Waals surface area contributed by atoms with E-state index in [-0.39, 0.29) is 0 Å². The molecule has 1 saturated carbocycles. The molecule has 0 atom stereocenters. The molecule has 0 bridgehead atoms. The second-order valence-electron chi connectivity index (χ2n) is 3.37. The van der Waals surface area contributed by atoms with Gasteiger partial charge in [0.15, 0.2) is 0 Å². The van der Waals surface area contributed by atoms with Crippen LogP contribution in [-0.2, 0) is 0 Å². The number of halogens is 1. The second kappa shape index (κ2) is 3.42. The summed E-state index contributed by atoms with van der Waals surface area (Å²) in [4.78, 5) is 0. The van der Waals surface area contributed by atoms with Gasteiger partial charge in [-0.15, -0.1) is 11.6 Å². The van der Waals surface area contributed by atoms with Crippen molar-refractivity contribution in [3.8, 4) is 6.07 Å². The molecule has 11 heavy (non-hydrogen) atoms. The van der Waals surface area contributed by atoms with Crippen LogP contribution in [0, 0.1) is 17.2 Å². The average Bonchev–Trinajstić information content (AvgIpc) is 2.06. The fraction of sp³-hybridized carbons (Fsp3) is 0.875. The Bertz CT molecular complexity index is 165. The molecule has 1 fully saturated rings. The van der Waals surface area contributed by atoms with Gasteiger partial charge in [0.1, 0.15) is 5.54 Å². The maximum atomic E-state index is 8.70. The van der Waals surface area contributed by atoms with E-state index in [9.17, 15) is 0 Å². The molecule has 0 saturated heterocycles. The molecule has 0 aliphatic heterocycles. The van der Waals surface area contributed by atoms with E-state index in [1.807, 2.05) is 0 Å². The highest BCUT2D eigenvalue weighted by molar-refractivity contribution is 6.18. The van der Waals surface area contributed by atoms with Crippen LogP contribution in [0.15, 0.2) is 0 Å². The van der Waals surface area contributed by atoms with Crippen molar-refractivity contribution in [3.63, 3.8) is 0 Å². The third-order valence-electron chi connectivity index (χ3n) is 2.44. The smallest absolute Gasteiger partial charge is 0.104 e. The van der Waals surface area contributed by atoms with Crippen molar-refractivity contribution in [1.82, 2.24) is 0 Å². The van der Waals surface area contributed by atoms with Crippen LogP contribution in [0.3, 0.4) is 0 Å². The van der Waals surface area contributed by atoms with E-state index in [4.69, 9.17) is 22.6 Å². The zero-order valence-electron chi connectivity index (χ0n) is 6.52. The molecule has 1 aliphatic carbocycles. The summed E-state index contributed by atoms with van der Waals surface area (Å²) in [6.45, 7) is 0. The van der Waals surface area contributed by atoms with Crippen LogP contribution < -0.4 is 5.73 Å². The Morgan fingerprint density at radius 3 is 2.45 bits per heavy atom. The second-order valence-corrected chi connectivity index (χ2v) is 3.67. The van der Waals surface area contributed by atoms with E-state index >= 15 is 0 Å². The molecule has 1 aliphatic rings. The lowest BCUT2D eigenvalue weighted by molar-refractivity contribution is 0.299. The van der Waals surface area contributed by atoms with Crippen LogP contribution in [-0.4, -0.2) is 11.4 Å². The Morgan fingerprint density at radius 2 is 2.09 bits per heavy atom. The van der Waals surface area contributed by atoms with E-state index in [1.165, 1.54) is 0 Å². The van der Waals surface area contributed by atoms with Gasteiger partial charge in [-0.05, 0) is 31.6 Å². The molecule has 0 unspecified atom stereocenters. The summed E-state index contributed by atoms with van der Waals surface area (Å²) in [5, 5.41) is 8.70. The SMILES string of the molecule is N#CC1(N)CCC(CCl)CC1. The number of hydrogen-bond acceptors (Lipinski definition) is 2. The number of nitriles is 1. The van der Waals surface area contributed by atoms with Gasteiger partial charge in [0, 0.05) is 5.88 Å². The van der Waals surface area contributed by atoms with Gasteiger partial charge in [0.05, 0.1) is 6.07 Å². The first-order chi connectivity index (χ1) is 5.20. The fourth-order valence-corrected chi connectivity index (χ4v) is 1.77. The molecule has 2 nitrogen and oxygen atoms in total. The zero-order chi connectivity index (χ0) is 8.32. The van der Waals surface area contributed by atoms with Gasteiger partial charge >= 0.3 is 0 Å². The van der Waals surface area contributed by atoms with Gasteiger partial charge in [-0.3, -0.25) is 0 Å². The highest BCUT2D eigenvalue weighted by Gasteiger charge is 2.30. The Balaban J connectivity index is 2.43. The molecule has 2 N–H and O–H groups in total. The number of rotatable bonds is 1. The van der Waals surface area contributed by atoms with Gasteiger partial charge in [-0.25, -0.2) is 0 Å². The third-order valence-corrected chi connectivity index (χ3v) is 2.87. The summed E-state index contributed by atoms with van der Waals surface area (Å²) >= 11 is 5.69. The van der Waals surface area contributed by atoms with Gasteiger partial charge in [-0.1, -0.05) is 0 Å². The minimum atomic E-state index is -0.553.